The van der Waals surface area contributed by atoms with Crippen molar-refractivity contribution in [2.45, 2.75) is 31.6 Å². The molecule has 15 heteroatoms. The first-order chi connectivity index (χ1) is 17.1. The van der Waals surface area contributed by atoms with Crippen LogP contribution >= 0.6 is 0 Å². The molecule has 1 amide bonds. The van der Waals surface area contributed by atoms with Crippen LogP contribution in [0.5, 0.6) is 0 Å². The van der Waals surface area contributed by atoms with E-state index in [0.717, 1.165) is 51.7 Å². The lowest BCUT2D eigenvalue weighted by molar-refractivity contribution is -0.193. The lowest BCUT2D eigenvalue weighted by atomic mass is 9.78. The third kappa shape index (κ3) is 9.46. The first-order valence-electron chi connectivity index (χ1n) is 11.2. The number of hydrogen-bond acceptors (Lipinski definition) is 6. The second-order valence-corrected chi connectivity index (χ2v) is 9.05. The Kier molecular flexibility index (Phi) is 10.3. The molecule has 4 heterocycles. The van der Waals surface area contributed by atoms with Crippen molar-refractivity contribution in [2.24, 2.45) is 11.3 Å². The number of aliphatic carboxylic acids is 2. The Morgan fingerprint density at radius 1 is 1.00 bits per heavy atom. The molecule has 208 valence electrons. The van der Waals surface area contributed by atoms with Crippen molar-refractivity contribution in [2.75, 3.05) is 45.9 Å². The molecule has 3 fully saturated rings. The minimum atomic E-state index is -5.08. The van der Waals surface area contributed by atoms with Crippen molar-refractivity contribution in [1.82, 2.24) is 14.8 Å². The molecule has 2 N–H and O–H groups in total. The van der Waals surface area contributed by atoms with Gasteiger partial charge in [-0.3, -0.25) is 9.78 Å². The Morgan fingerprint density at radius 2 is 1.54 bits per heavy atom. The summed E-state index contributed by atoms with van der Waals surface area (Å²) in [6.45, 7) is 7.17. The zero-order valence-electron chi connectivity index (χ0n) is 19.6. The highest BCUT2D eigenvalue weighted by Crippen LogP contribution is 2.40. The summed E-state index contributed by atoms with van der Waals surface area (Å²) < 4.78 is 68.9. The van der Waals surface area contributed by atoms with Crippen molar-refractivity contribution in [1.29, 1.82) is 0 Å². The van der Waals surface area contributed by atoms with Crippen LogP contribution in [0.4, 0.5) is 26.3 Å². The van der Waals surface area contributed by atoms with Gasteiger partial charge in [0.2, 0.25) is 0 Å². The summed E-state index contributed by atoms with van der Waals surface area (Å²) in [5.74, 6) is -4.58. The average molecular weight is 543 g/mol. The van der Waals surface area contributed by atoms with Gasteiger partial charge < -0.3 is 24.7 Å². The van der Waals surface area contributed by atoms with Gasteiger partial charge in [0.05, 0.1) is 5.56 Å². The summed E-state index contributed by atoms with van der Waals surface area (Å²) in [6.07, 6.45) is -3.23. The van der Waals surface area contributed by atoms with Gasteiger partial charge in [-0.15, -0.1) is 0 Å². The van der Waals surface area contributed by atoms with Gasteiger partial charge in [0, 0.05) is 63.7 Å². The molecule has 0 aromatic carbocycles. The summed E-state index contributed by atoms with van der Waals surface area (Å²) in [7, 11) is 0. The smallest absolute Gasteiger partial charge is 0.475 e. The summed E-state index contributed by atoms with van der Waals surface area (Å²) in [5.41, 5.74) is 1.06. The molecular weight excluding hydrogens is 516 g/mol. The number of halogens is 6. The maximum absolute atomic E-state index is 12.5. The van der Waals surface area contributed by atoms with E-state index in [4.69, 9.17) is 24.5 Å². The fraction of sp³-hybridized carbons (Fsp3) is 0.636. The fourth-order valence-electron chi connectivity index (χ4n) is 4.36. The van der Waals surface area contributed by atoms with Crippen molar-refractivity contribution in [3.63, 3.8) is 0 Å². The molecule has 0 unspecified atom stereocenters. The van der Waals surface area contributed by atoms with E-state index in [0.29, 0.717) is 11.0 Å². The lowest BCUT2D eigenvalue weighted by Crippen LogP contribution is -2.58. The topological polar surface area (TPSA) is 120 Å². The molecule has 4 rings (SSSR count). The molecule has 37 heavy (non-hydrogen) atoms. The van der Waals surface area contributed by atoms with Gasteiger partial charge in [0.15, 0.2) is 0 Å². The molecule has 3 aliphatic rings. The molecule has 0 radical (unpaired) electrons. The number of alkyl halides is 6. The highest BCUT2D eigenvalue weighted by molar-refractivity contribution is 5.94. The van der Waals surface area contributed by atoms with Gasteiger partial charge in [-0.05, 0) is 37.3 Å². The number of pyridine rings is 1. The Morgan fingerprint density at radius 3 is 2.00 bits per heavy atom. The van der Waals surface area contributed by atoms with E-state index < -0.39 is 24.3 Å². The number of carboxylic acids is 2. The Bertz CT molecular complexity index is 892. The number of likely N-dealkylation sites (tertiary alicyclic amines) is 2. The number of amides is 1. The maximum atomic E-state index is 12.5. The number of nitrogens with zero attached hydrogens (tertiary/aromatic N) is 3. The van der Waals surface area contributed by atoms with E-state index in [1.165, 1.54) is 19.4 Å². The molecule has 1 aromatic heterocycles. The third-order valence-corrected chi connectivity index (χ3v) is 6.09. The van der Waals surface area contributed by atoms with E-state index in [9.17, 15) is 31.1 Å². The molecule has 0 bridgehead atoms. The molecular formula is C22H27F6N3O6. The van der Waals surface area contributed by atoms with Crippen molar-refractivity contribution >= 4 is 17.8 Å². The number of ether oxygens (including phenoxy) is 1. The van der Waals surface area contributed by atoms with Gasteiger partial charge >= 0.3 is 24.3 Å². The zero-order chi connectivity index (χ0) is 27.9. The monoisotopic (exact) mass is 543 g/mol. The van der Waals surface area contributed by atoms with E-state index in [2.05, 4.69) is 9.88 Å². The second kappa shape index (κ2) is 12.5. The molecule has 3 saturated heterocycles. The predicted octanol–water partition coefficient (Wildman–Crippen LogP) is 2.92. The van der Waals surface area contributed by atoms with Crippen LogP contribution < -0.4 is 0 Å². The number of aromatic nitrogens is 1. The van der Waals surface area contributed by atoms with E-state index in [-0.39, 0.29) is 5.91 Å². The number of carboxylic acid groups (broad SMARTS) is 2. The number of rotatable bonds is 3. The van der Waals surface area contributed by atoms with Gasteiger partial charge in [-0.2, -0.15) is 26.3 Å². The highest BCUT2D eigenvalue weighted by atomic mass is 19.4. The predicted molar refractivity (Wildman–Crippen MR) is 115 cm³/mol. The quantitative estimate of drug-likeness (QED) is 0.559. The van der Waals surface area contributed by atoms with Gasteiger partial charge in [0.25, 0.3) is 5.91 Å². The molecule has 0 atom stereocenters. The van der Waals surface area contributed by atoms with Crippen LogP contribution in [0, 0.1) is 11.3 Å². The second-order valence-electron chi connectivity index (χ2n) is 9.05. The minimum Gasteiger partial charge on any atom is -0.475 e. The van der Waals surface area contributed by atoms with Crippen molar-refractivity contribution < 1.29 is 55.7 Å². The highest BCUT2D eigenvalue weighted by Gasteiger charge is 2.48. The number of hydrogen-bond donors (Lipinski definition) is 2. The van der Waals surface area contributed by atoms with Crippen molar-refractivity contribution in [3.8, 4) is 0 Å². The molecule has 0 aliphatic carbocycles. The molecule has 1 aromatic rings. The molecule has 0 saturated carbocycles. The summed E-state index contributed by atoms with van der Waals surface area (Å²) in [4.78, 5) is 39.0. The standard InChI is InChI=1S/C18H25N3O2.2C2HF3O2/c22-17(16-2-1-6-19-10-16)21-7-5-18(14-21)12-20(13-18)11-15-3-8-23-9-4-15;2*3-2(4,5)1(6)7/h1-2,6,10,15H,3-5,7-9,11-14H2;2*(H,6,7). The summed E-state index contributed by atoms with van der Waals surface area (Å²) in [5, 5.41) is 14.2. The lowest BCUT2D eigenvalue weighted by Gasteiger charge is -2.49. The minimum absolute atomic E-state index is 0.137. The number of carbonyl (C=O) groups is 3. The van der Waals surface area contributed by atoms with Crippen molar-refractivity contribution in [3.05, 3.63) is 30.1 Å². The van der Waals surface area contributed by atoms with E-state index in [1.54, 1.807) is 12.4 Å². The van der Waals surface area contributed by atoms with Gasteiger partial charge in [-0.1, -0.05) is 0 Å². The van der Waals surface area contributed by atoms with E-state index in [1.807, 2.05) is 17.0 Å². The molecule has 3 aliphatic heterocycles. The van der Waals surface area contributed by atoms with Crippen LogP contribution in [0.3, 0.4) is 0 Å². The third-order valence-electron chi connectivity index (χ3n) is 6.09. The fourth-order valence-corrected chi connectivity index (χ4v) is 4.36. The Balaban J connectivity index is 0.000000286. The average Bonchev–Trinajstić information content (AvgIpc) is 3.25. The van der Waals surface area contributed by atoms with Crippen LogP contribution in [0.1, 0.15) is 29.6 Å². The normalized spacial score (nSPS) is 19.7. The Hall–Kier alpha value is -2.94. The summed E-state index contributed by atoms with van der Waals surface area (Å²) >= 11 is 0. The van der Waals surface area contributed by atoms with Crippen LogP contribution in [0.15, 0.2) is 24.5 Å². The molecule has 9 nitrogen and oxygen atoms in total. The van der Waals surface area contributed by atoms with Gasteiger partial charge in [-0.25, -0.2) is 9.59 Å². The first-order valence-corrected chi connectivity index (χ1v) is 11.2. The largest absolute Gasteiger partial charge is 0.490 e. The van der Waals surface area contributed by atoms with Gasteiger partial charge in [0.1, 0.15) is 0 Å². The van der Waals surface area contributed by atoms with Crippen LogP contribution in [0.25, 0.3) is 0 Å². The zero-order valence-corrected chi connectivity index (χ0v) is 19.6. The SMILES string of the molecule is O=C(O)C(F)(F)F.O=C(O)C(F)(F)F.O=C(c1cccnc1)N1CCC2(CN(CC3CCOCC3)C2)C1. The maximum Gasteiger partial charge on any atom is 0.490 e. The first kappa shape index (κ1) is 30.3. The van der Waals surface area contributed by atoms with Crippen LogP contribution in [-0.2, 0) is 14.3 Å². The summed E-state index contributed by atoms with van der Waals surface area (Å²) in [6, 6.07) is 3.69. The number of carbonyl (C=O) groups excluding carboxylic acids is 1. The Labute approximate surface area is 208 Å². The van der Waals surface area contributed by atoms with E-state index >= 15 is 0 Å². The van der Waals surface area contributed by atoms with Crippen LogP contribution in [-0.4, -0.2) is 101 Å². The van der Waals surface area contributed by atoms with Crippen LogP contribution in [0.2, 0.25) is 0 Å². The molecule has 1 spiro atoms.